The molecule has 1 saturated carbocycles. The molecule has 0 spiro atoms. The molecule has 160 valence electrons. The molecule has 1 fully saturated rings. The minimum absolute atomic E-state index is 0.145. The van der Waals surface area contributed by atoms with Crippen molar-refractivity contribution < 1.29 is 14.7 Å². The smallest absolute Gasteiger partial charge is 0.304 e. The Hall–Kier alpha value is -2.47. The Kier molecular flexibility index (Phi) is 7.43. The average Bonchev–Trinajstić information content (AvgIpc) is 3.44. The van der Waals surface area contributed by atoms with Gasteiger partial charge in [0.05, 0.1) is 17.5 Å². The molecule has 1 aliphatic carbocycles. The van der Waals surface area contributed by atoms with Crippen LogP contribution in [-0.4, -0.2) is 22.0 Å². The maximum Gasteiger partial charge on any atom is 0.304 e. The zero-order valence-corrected chi connectivity index (χ0v) is 18.5. The topological polar surface area (TPSA) is 79.3 Å². The molecule has 2 aromatic rings. The van der Waals surface area contributed by atoms with Crippen LogP contribution < -0.4 is 5.32 Å². The number of hydrogen-bond acceptors (Lipinski definition) is 4. The number of carboxylic acids is 1. The summed E-state index contributed by atoms with van der Waals surface area (Å²) in [6, 6.07) is 7.62. The number of nitrogens with one attached hydrogen (secondary N) is 1. The van der Waals surface area contributed by atoms with Gasteiger partial charge in [-0.3, -0.25) is 9.59 Å². The Morgan fingerprint density at radius 1 is 1.23 bits per heavy atom. The minimum Gasteiger partial charge on any atom is -0.481 e. The zero-order valence-electron chi connectivity index (χ0n) is 17.7. The van der Waals surface area contributed by atoms with Crippen molar-refractivity contribution in [3.05, 3.63) is 45.9 Å². The van der Waals surface area contributed by atoms with E-state index in [0.717, 1.165) is 23.4 Å². The summed E-state index contributed by atoms with van der Waals surface area (Å²) in [5.74, 6) is -0.485. The zero-order chi connectivity index (χ0) is 21.6. The molecule has 1 amide bonds. The summed E-state index contributed by atoms with van der Waals surface area (Å²) in [5.41, 5.74) is 1.97. The van der Waals surface area contributed by atoms with Crippen LogP contribution in [0.5, 0.6) is 0 Å². The molecule has 3 rings (SSSR count). The summed E-state index contributed by atoms with van der Waals surface area (Å²) in [6.45, 7) is 3.97. The van der Waals surface area contributed by atoms with Crippen LogP contribution >= 0.6 is 11.3 Å². The van der Waals surface area contributed by atoms with Gasteiger partial charge in [0.15, 0.2) is 0 Å². The third-order valence-corrected chi connectivity index (χ3v) is 6.35. The van der Waals surface area contributed by atoms with E-state index < -0.39 is 11.4 Å². The maximum absolute atomic E-state index is 13.1. The average molecular weight is 427 g/mol. The van der Waals surface area contributed by atoms with Crippen molar-refractivity contribution in [1.29, 1.82) is 0 Å². The third-order valence-electron chi connectivity index (χ3n) is 5.53. The number of carboxylic acid groups (broad SMARTS) is 1. The lowest BCUT2D eigenvalue weighted by Crippen LogP contribution is -2.38. The van der Waals surface area contributed by atoms with E-state index in [-0.39, 0.29) is 12.3 Å². The molecule has 0 bridgehead atoms. The Labute approximate surface area is 182 Å². The highest BCUT2D eigenvalue weighted by Crippen LogP contribution is 2.40. The van der Waals surface area contributed by atoms with Crippen LogP contribution in [-0.2, 0) is 9.59 Å². The van der Waals surface area contributed by atoms with Gasteiger partial charge < -0.3 is 10.4 Å². The normalized spacial score (nSPS) is 14.2. The molecule has 6 heteroatoms. The van der Waals surface area contributed by atoms with Crippen LogP contribution in [0.2, 0.25) is 0 Å². The molecule has 30 heavy (non-hydrogen) atoms. The van der Waals surface area contributed by atoms with E-state index in [1.807, 2.05) is 50.3 Å². The highest BCUT2D eigenvalue weighted by molar-refractivity contribution is 7.10. The predicted molar refractivity (Wildman–Crippen MR) is 123 cm³/mol. The molecular weight excluding hydrogens is 396 g/mol. The molecule has 0 unspecified atom stereocenters. The second-order valence-electron chi connectivity index (χ2n) is 8.15. The van der Waals surface area contributed by atoms with Crippen molar-refractivity contribution in [3.8, 4) is 0 Å². The molecule has 0 saturated heterocycles. The first kappa shape index (κ1) is 22.2. The monoisotopic (exact) mass is 426 g/mol. The quantitative estimate of drug-likeness (QED) is 0.449. The fraction of sp³-hybridized carbons (Fsp3) is 0.458. The Morgan fingerprint density at radius 3 is 2.60 bits per heavy atom. The number of hydrogen-bond donors (Lipinski definition) is 2. The van der Waals surface area contributed by atoms with E-state index >= 15 is 0 Å². The number of thiazole rings is 1. The van der Waals surface area contributed by atoms with Crippen molar-refractivity contribution in [1.82, 2.24) is 4.98 Å². The summed E-state index contributed by atoms with van der Waals surface area (Å²) in [4.78, 5) is 29.2. The van der Waals surface area contributed by atoms with Gasteiger partial charge in [0, 0.05) is 17.0 Å². The molecule has 0 aliphatic heterocycles. The predicted octanol–water partition coefficient (Wildman–Crippen LogP) is 6.19. The molecule has 1 aromatic heterocycles. The number of nitrogens with zero attached hydrogens (tertiary/aromatic N) is 1. The standard InChI is InChI=1S/C24H30N2O3S/c1-3-12-24(13-4-2,15-22(27)28)23(29)25-19-7-5-6-17(14-19)8-11-21-26-20(16-30-21)18-9-10-18/h5-8,11,14,16,18H,3-4,9-10,12-13,15H2,1-2H3,(H,25,29)(H,27,28)/b11-8+. The molecule has 5 nitrogen and oxygen atoms in total. The summed E-state index contributed by atoms with van der Waals surface area (Å²) >= 11 is 1.65. The van der Waals surface area contributed by atoms with Gasteiger partial charge in [-0.1, -0.05) is 44.9 Å². The fourth-order valence-electron chi connectivity index (χ4n) is 3.95. The number of aromatic nitrogens is 1. The van der Waals surface area contributed by atoms with Crippen LogP contribution in [0.25, 0.3) is 12.2 Å². The number of rotatable bonds is 11. The van der Waals surface area contributed by atoms with E-state index in [0.29, 0.717) is 24.4 Å². The summed E-state index contributed by atoms with van der Waals surface area (Å²) in [7, 11) is 0. The van der Waals surface area contributed by atoms with Crippen LogP contribution in [0.4, 0.5) is 5.69 Å². The summed E-state index contributed by atoms with van der Waals surface area (Å²) in [6.07, 6.45) is 8.99. The molecule has 1 aliphatic rings. The second-order valence-corrected chi connectivity index (χ2v) is 9.04. The van der Waals surface area contributed by atoms with E-state index in [4.69, 9.17) is 0 Å². The summed E-state index contributed by atoms with van der Waals surface area (Å²) in [5, 5.41) is 15.5. The molecule has 2 N–H and O–H groups in total. The van der Waals surface area contributed by atoms with Gasteiger partial charge in [0.2, 0.25) is 5.91 Å². The number of carbonyl (C=O) groups excluding carboxylic acids is 1. The van der Waals surface area contributed by atoms with E-state index in [1.165, 1.54) is 18.5 Å². The van der Waals surface area contributed by atoms with E-state index in [9.17, 15) is 14.7 Å². The molecule has 1 aromatic carbocycles. The van der Waals surface area contributed by atoms with Gasteiger partial charge in [-0.2, -0.15) is 0 Å². The highest BCUT2D eigenvalue weighted by Gasteiger charge is 2.39. The first-order valence-electron chi connectivity index (χ1n) is 10.7. The minimum atomic E-state index is -0.933. The van der Waals surface area contributed by atoms with E-state index in [2.05, 4.69) is 15.7 Å². The van der Waals surface area contributed by atoms with Crippen molar-refractivity contribution in [2.75, 3.05) is 5.32 Å². The first-order valence-corrected chi connectivity index (χ1v) is 11.6. The Balaban J connectivity index is 1.72. The van der Waals surface area contributed by atoms with Crippen LogP contribution in [0.3, 0.4) is 0 Å². The van der Waals surface area contributed by atoms with Gasteiger partial charge in [0.1, 0.15) is 5.01 Å². The van der Waals surface area contributed by atoms with Crippen LogP contribution in [0, 0.1) is 5.41 Å². The number of amides is 1. The Morgan fingerprint density at radius 2 is 1.97 bits per heavy atom. The first-order chi connectivity index (χ1) is 14.5. The molecular formula is C24H30N2O3S. The lowest BCUT2D eigenvalue weighted by Gasteiger charge is -2.30. The Bertz CT molecular complexity index is 909. The number of benzene rings is 1. The summed E-state index contributed by atoms with van der Waals surface area (Å²) < 4.78 is 0. The maximum atomic E-state index is 13.1. The third kappa shape index (κ3) is 5.79. The van der Waals surface area contributed by atoms with Crippen molar-refractivity contribution in [3.63, 3.8) is 0 Å². The number of carbonyl (C=O) groups is 2. The van der Waals surface area contributed by atoms with Crippen LogP contribution in [0.1, 0.15) is 81.0 Å². The lowest BCUT2D eigenvalue weighted by atomic mass is 9.75. The van der Waals surface area contributed by atoms with Gasteiger partial charge in [-0.05, 0) is 49.5 Å². The van der Waals surface area contributed by atoms with Crippen molar-refractivity contribution in [2.24, 2.45) is 5.41 Å². The number of aliphatic carboxylic acids is 1. The van der Waals surface area contributed by atoms with Crippen molar-refractivity contribution >= 4 is 41.1 Å². The van der Waals surface area contributed by atoms with Gasteiger partial charge in [0.25, 0.3) is 0 Å². The van der Waals surface area contributed by atoms with Crippen LogP contribution in [0.15, 0.2) is 29.6 Å². The molecule has 0 radical (unpaired) electrons. The molecule has 0 atom stereocenters. The van der Waals surface area contributed by atoms with Gasteiger partial charge in [-0.15, -0.1) is 11.3 Å². The fourth-order valence-corrected chi connectivity index (χ4v) is 4.74. The highest BCUT2D eigenvalue weighted by atomic mass is 32.1. The molecule has 1 heterocycles. The second kappa shape index (κ2) is 10.0. The van der Waals surface area contributed by atoms with E-state index in [1.54, 1.807) is 11.3 Å². The van der Waals surface area contributed by atoms with Gasteiger partial charge >= 0.3 is 5.97 Å². The largest absolute Gasteiger partial charge is 0.481 e. The van der Waals surface area contributed by atoms with Gasteiger partial charge in [-0.25, -0.2) is 4.98 Å². The lowest BCUT2D eigenvalue weighted by molar-refractivity contribution is -0.144. The van der Waals surface area contributed by atoms with Crippen molar-refractivity contribution in [2.45, 2.75) is 64.7 Å². The SMILES string of the molecule is CCCC(CCC)(CC(=O)O)C(=O)Nc1cccc(/C=C/c2nc(C3CC3)cs2)c1. The number of anilines is 1.